The number of nitrogens with zero attached hydrogens (tertiary/aromatic N) is 1. The van der Waals surface area contributed by atoms with E-state index in [2.05, 4.69) is 29.3 Å². The highest BCUT2D eigenvalue weighted by Gasteiger charge is 2.33. The van der Waals surface area contributed by atoms with Crippen LogP contribution in [0.1, 0.15) is 13.3 Å². The fourth-order valence-corrected chi connectivity index (χ4v) is 3.15. The van der Waals surface area contributed by atoms with Crippen molar-refractivity contribution in [3.63, 3.8) is 0 Å². The number of likely N-dealkylation sites (tertiary alicyclic amines) is 1. The number of anilines is 1. The Bertz CT molecular complexity index is 680. The van der Waals surface area contributed by atoms with Crippen LogP contribution in [0, 0.1) is 5.41 Å². The van der Waals surface area contributed by atoms with E-state index in [1.54, 1.807) is 0 Å². The number of carbonyl (C=O) groups excluding carboxylic acids is 1. The summed E-state index contributed by atoms with van der Waals surface area (Å²) >= 11 is 0. The van der Waals surface area contributed by atoms with Crippen LogP contribution in [0.25, 0.3) is 10.8 Å². The molecule has 0 aliphatic carbocycles. The van der Waals surface area contributed by atoms with Crippen LogP contribution in [0.5, 0.6) is 0 Å². The molecular formula is C18H23N3O. The summed E-state index contributed by atoms with van der Waals surface area (Å²) in [7, 11) is 0. The fourth-order valence-electron chi connectivity index (χ4n) is 3.15. The van der Waals surface area contributed by atoms with E-state index in [0.717, 1.165) is 36.0 Å². The van der Waals surface area contributed by atoms with Gasteiger partial charge in [0.05, 0.1) is 6.54 Å². The van der Waals surface area contributed by atoms with E-state index < -0.39 is 0 Å². The molecule has 1 heterocycles. The van der Waals surface area contributed by atoms with Gasteiger partial charge in [0.25, 0.3) is 0 Å². The molecule has 1 unspecified atom stereocenters. The highest BCUT2D eigenvalue weighted by Crippen LogP contribution is 2.28. The van der Waals surface area contributed by atoms with Crippen LogP contribution in [-0.4, -0.2) is 37.0 Å². The van der Waals surface area contributed by atoms with E-state index in [1.165, 1.54) is 0 Å². The van der Waals surface area contributed by atoms with E-state index in [9.17, 15) is 4.79 Å². The van der Waals surface area contributed by atoms with Gasteiger partial charge < -0.3 is 11.1 Å². The molecule has 4 heteroatoms. The molecular weight excluding hydrogens is 274 g/mol. The molecule has 0 saturated carbocycles. The monoisotopic (exact) mass is 297 g/mol. The summed E-state index contributed by atoms with van der Waals surface area (Å²) in [6.07, 6.45) is 1.06. The minimum Gasteiger partial charge on any atom is -0.330 e. The van der Waals surface area contributed by atoms with Crippen molar-refractivity contribution in [3.05, 3.63) is 42.5 Å². The lowest BCUT2D eigenvalue weighted by molar-refractivity contribution is -0.117. The van der Waals surface area contributed by atoms with Gasteiger partial charge in [-0.1, -0.05) is 43.3 Å². The Hall–Kier alpha value is -1.91. The summed E-state index contributed by atoms with van der Waals surface area (Å²) in [4.78, 5) is 14.5. The van der Waals surface area contributed by atoms with Gasteiger partial charge in [0.2, 0.25) is 5.91 Å². The quantitative estimate of drug-likeness (QED) is 0.911. The largest absolute Gasteiger partial charge is 0.330 e. The smallest absolute Gasteiger partial charge is 0.238 e. The van der Waals surface area contributed by atoms with E-state index >= 15 is 0 Å². The molecule has 0 aromatic heterocycles. The third kappa shape index (κ3) is 3.13. The first-order valence-electron chi connectivity index (χ1n) is 7.80. The molecule has 0 bridgehead atoms. The first-order chi connectivity index (χ1) is 10.6. The highest BCUT2D eigenvalue weighted by atomic mass is 16.2. The van der Waals surface area contributed by atoms with Gasteiger partial charge in [-0.2, -0.15) is 0 Å². The van der Waals surface area contributed by atoms with Gasteiger partial charge in [-0.05, 0) is 36.4 Å². The second kappa shape index (κ2) is 6.07. The number of benzene rings is 2. The zero-order valence-electron chi connectivity index (χ0n) is 13.0. The zero-order chi connectivity index (χ0) is 15.6. The van der Waals surface area contributed by atoms with E-state index in [-0.39, 0.29) is 11.3 Å². The predicted molar refractivity (Wildman–Crippen MR) is 90.8 cm³/mol. The van der Waals surface area contributed by atoms with Gasteiger partial charge >= 0.3 is 0 Å². The van der Waals surface area contributed by atoms with E-state index in [1.807, 2.05) is 30.3 Å². The number of hydrogen-bond acceptors (Lipinski definition) is 3. The summed E-state index contributed by atoms with van der Waals surface area (Å²) in [6.45, 7) is 5.13. The lowest BCUT2D eigenvalue weighted by Crippen LogP contribution is -2.35. The molecule has 0 spiro atoms. The molecule has 2 aromatic rings. The van der Waals surface area contributed by atoms with Crippen LogP contribution in [-0.2, 0) is 4.79 Å². The minimum absolute atomic E-state index is 0.0395. The van der Waals surface area contributed by atoms with Crippen LogP contribution >= 0.6 is 0 Å². The van der Waals surface area contributed by atoms with Crippen molar-refractivity contribution in [2.75, 3.05) is 31.5 Å². The Morgan fingerprint density at radius 3 is 2.82 bits per heavy atom. The fraction of sp³-hybridized carbons (Fsp3) is 0.389. The average Bonchev–Trinajstić information content (AvgIpc) is 2.89. The van der Waals surface area contributed by atoms with Crippen molar-refractivity contribution in [3.8, 4) is 0 Å². The second-order valence-electron chi connectivity index (χ2n) is 6.55. The predicted octanol–water partition coefficient (Wildman–Crippen LogP) is 2.45. The Kier molecular flexibility index (Phi) is 4.14. The summed E-state index contributed by atoms with van der Waals surface area (Å²) in [5.41, 5.74) is 6.85. The number of hydrogen-bond donors (Lipinski definition) is 2. The van der Waals surface area contributed by atoms with Crippen LogP contribution in [0.2, 0.25) is 0 Å². The SMILES string of the molecule is CC1(CN)CCN(CC(=O)Nc2cccc3ccccc23)C1. The Morgan fingerprint density at radius 1 is 1.27 bits per heavy atom. The van der Waals surface area contributed by atoms with Crippen molar-refractivity contribution >= 4 is 22.4 Å². The molecule has 1 fully saturated rings. The topological polar surface area (TPSA) is 58.4 Å². The summed E-state index contributed by atoms with van der Waals surface area (Å²) < 4.78 is 0. The maximum absolute atomic E-state index is 12.3. The molecule has 3 rings (SSSR count). The number of nitrogens with one attached hydrogen (secondary N) is 1. The number of amides is 1. The Balaban J connectivity index is 1.67. The van der Waals surface area contributed by atoms with Crippen LogP contribution in [0.4, 0.5) is 5.69 Å². The normalized spacial score (nSPS) is 22.1. The molecule has 1 aliphatic heterocycles. The van der Waals surface area contributed by atoms with Gasteiger partial charge in [-0.15, -0.1) is 0 Å². The van der Waals surface area contributed by atoms with E-state index in [4.69, 9.17) is 5.73 Å². The van der Waals surface area contributed by atoms with Gasteiger partial charge in [0.15, 0.2) is 0 Å². The van der Waals surface area contributed by atoms with Crippen LogP contribution in [0.3, 0.4) is 0 Å². The maximum Gasteiger partial charge on any atom is 0.238 e. The third-order valence-electron chi connectivity index (χ3n) is 4.56. The average molecular weight is 297 g/mol. The first-order valence-corrected chi connectivity index (χ1v) is 7.80. The molecule has 1 saturated heterocycles. The van der Waals surface area contributed by atoms with Crippen LogP contribution in [0.15, 0.2) is 42.5 Å². The highest BCUT2D eigenvalue weighted by molar-refractivity contribution is 6.02. The zero-order valence-corrected chi connectivity index (χ0v) is 13.0. The molecule has 0 radical (unpaired) electrons. The van der Waals surface area contributed by atoms with Crippen molar-refractivity contribution in [1.82, 2.24) is 4.90 Å². The van der Waals surface area contributed by atoms with Crippen molar-refractivity contribution in [2.45, 2.75) is 13.3 Å². The molecule has 1 amide bonds. The van der Waals surface area contributed by atoms with Gasteiger partial charge in [-0.3, -0.25) is 9.69 Å². The maximum atomic E-state index is 12.3. The Labute approximate surface area is 131 Å². The first kappa shape index (κ1) is 15.0. The summed E-state index contributed by atoms with van der Waals surface area (Å²) in [6, 6.07) is 14.1. The summed E-state index contributed by atoms with van der Waals surface area (Å²) in [5, 5.41) is 5.26. The summed E-state index contributed by atoms with van der Waals surface area (Å²) in [5.74, 6) is 0.0395. The molecule has 116 valence electrons. The molecule has 3 N–H and O–H groups in total. The van der Waals surface area contributed by atoms with Crippen molar-refractivity contribution in [1.29, 1.82) is 0 Å². The minimum atomic E-state index is 0.0395. The molecule has 4 nitrogen and oxygen atoms in total. The third-order valence-corrected chi connectivity index (χ3v) is 4.56. The standard InChI is InChI=1S/C18H23N3O/c1-18(12-19)9-10-21(13-18)11-17(22)20-16-8-4-6-14-5-2-3-7-15(14)16/h2-8H,9-13,19H2,1H3,(H,20,22). The van der Waals surface area contributed by atoms with Crippen molar-refractivity contribution < 1.29 is 4.79 Å². The van der Waals surface area contributed by atoms with Gasteiger partial charge in [0, 0.05) is 17.6 Å². The molecule has 1 atom stereocenters. The van der Waals surface area contributed by atoms with Crippen LogP contribution < -0.4 is 11.1 Å². The molecule has 1 aliphatic rings. The second-order valence-corrected chi connectivity index (χ2v) is 6.55. The lowest BCUT2D eigenvalue weighted by Gasteiger charge is -2.22. The Morgan fingerprint density at radius 2 is 2.05 bits per heavy atom. The van der Waals surface area contributed by atoms with Crippen molar-refractivity contribution in [2.24, 2.45) is 11.1 Å². The van der Waals surface area contributed by atoms with Gasteiger partial charge in [0.1, 0.15) is 0 Å². The molecule has 2 aromatic carbocycles. The lowest BCUT2D eigenvalue weighted by atomic mass is 9.90. The number of nitrogens with two attached hydrogens (primary N) is 1. The number of rotatable bonds is 4. The molecule has 22 heavy (non-hydrogen) atoms. The van der Waals surface area contributed by atoms with Gasteiger partial charge in [-0.25, -0.2) is 0 Å². The number of carbonyl (C=O) groups is 1. The number of fused-ring (bicyclic) bond motifs is 1. The van der Waals surface area contributed by atoms with E-state index in [0.29, 0.717) is 13.1 Å².